The van der Waals surface area contributed by atoms with Gasteiger partial charge in [0.2, 0.25) is 16.3 Å². The Morgan fingerprint density at radius 2 is 2.20 bits per heavy atom. The fraction of sp³-hybridized carbons (Fsp3) is 0.636. The number of hydroxylamine groups is 2. The molecule has 25 heavy (non-hydrogen) atoms. The summed E-state index contributed by atoms with van der Waals surface area (Å²) in [5.41, 5.74) is 0. The van der Waals surface area contributed by atoms with E-state index in [-0.39, 0.29) is 61.0 Å². The van der Waals surface area contributed by atoms with Crippen LogP contribution in [0.25, 0.3) is 0 Å². The largest absolute Gasteiger partial charge is 1.00 e. The number of hydrogen-bond acceptors (Lipinski definition) is 10. The Morgan fingerprint density at radius 3 is 2.84 bits per heavy atom. The third kappa shape index (κ3) is 4.12. The number of amides is 2. The van der Waals surface area contributed by atoms with Gasteiger partial charge in [0.15, 0.2) is 0 Å². The summed E-state index contributed by atoms with van der Waals surface area (Å²) in [6.45, 7) is 2.19. The van der Waals surface area contributed by atoms with E-state index in [1.54, 1.807) is 6.92 Å². The van der Waals surface area contributed by atoms with Gasteiger partial charge in [-0.1, -0.05) is 0 Å². The van der Waals surface area contributed by atoms with Gasteiger partial charge in [-0.3, -0.25) is 0 Å². The maximum atomic E-state index is 12.0. The van der Waals surface area contributed by atoms with Crippen molar-refractivity contribution < 1.29 is 65.7 Å². The summed E-state index contributed by atoms with van der Waals surface area (Å²) in [5, 5.41) is 4.02. The van der Waals surface area contributed by atoms with E-state index in [1.807, 2.05) is 0 Å². The van der Waals surface area contributed by atoms with Gasteiger partial charge in [0.1, 0.15) is 0 Å². The van der Waals surface area contributed by atoms with Gasteiger partial charge in [-0.25, -0.2) is 18.0 Å². The number of aromatic nitrogens is 2. The molecule has 0 spiro atoms. The van der Waals surface area contributed by atoms with E-state index in [0.717, 1.165) is 0 Å². The Kier molecular flexibility index (Phi) is 6.06. The molecule has 132 valence electrons. The predicted molar refractivity (Wildman–Crippen MR) is 71.0 cm³/mol. The van der Waals surface area contributed by atoms with Crippen LogP contribution in [0, 0.1) is 0 Å². The molecule has 1 aromatic rings. The number of carbonyl (C=O) groups is 2. The summed E-state index contributed by atoms with van der Waals surface area (Å²) >= 11 is 0. The molecule has 0 radical (unpaired) electrons. The van der Waals surface area contributed by atoms with E-state index in [4.69, 9.17) is 9.26 Å². The summed E-state index contributed by atoms with van der Waals surface area (Å²) < 4.78 is 46.5. The van der Waals surface area contributed by atoms with Crippen LogP contribution in [0.15, 0.2) is 4.52 Å². The number of nitrogens with zero attached hydrogens (tertiary/aromatic N) is 4. The summed E-state index contributed by atoms with van der Waals surface area (Å²) in [6, 6.07) is -1.53. The molecule has 2 bridgehead atoms. The number of carbonyl (C=O) groups excluding carboxylic acids is 2. The van der Waals surface area contributed by atoms with Crippen LogP contribution >= 0.6 is 0 Å². The minimum Gasteiger partial charge on any atom is -0.724 e. The van der Waals surface area contributed by atoms with Crippen molar-refractivity contribution in [3.8, 4) is 0 Å². The molecule has 0 aromatic carbocycles. The zero-order chi connectivity index (χ0) is 17.5. The second-order valence-electron chi connectivity index (χ2n) is 5.18. The quantitative estimate of drug-likeness (QED) is 0.214. The molecule has 0 N–H and O–H groups in total. The summed E-state index contributed by atoms with van der Waals surface area (Å²) in [5.74, 6) is -1.58. The maximum absolute atomic E-state index is 12.0. The molecule has 2 saturated heterocycles. The molecule has 0 unspecified atom stereocenters. The Morgan fingerprint density at radius 1 is 1.48 bits per heavy atom. The number of piperidine rings is 1. The van der Waals surface area contributed by atoms with Crippen LogP contribution in [0.2, 0.25) is 0 Å². The van der Waals surface area contributed by atoms with Crippen molar-refractivity contribution in [2.75, 3.05) is 19.7 Å². The molecule has 2 aliphatic rings. The van der Waals surface area contributed by atoms with Crippen molar-refractivity contribution in [2.24, 2.45) is 0 Å². The van der Waals surface area contributed by atoms with E-state index >= 15 is 0 Å². The minimum atomic E-state index is -5.11. The van der Waals surface area contributed by atoms with E-state index in [9.17, 15) is 22.6 Å². The van der Waals surface area contributed by atoms with Crippen molar-refractivity contribution >= 4 is 22.4 Å². The van der Waals surface area contributed by atoms with Gasteiger partial charge in [-0.05, 0) is 18.5 Å². The van der Waals surface area contributed by atoms with Crippen molar-refractivity contribution in [3.05, 3.63) is 11.7 Å². The summed E-state index contributed by atoms with van der Waals surface area (Å²) in [4.78, 5) is 28.9. The van der Waals surface area contributed by atoms with Crippen LogP contribution in [0.5, 0.6) is 0 Å². The van der Waals surface area contributed by atoms with Gasteiger partial charge in [0, 0.05) is 13.1 Å². The summed E-state index contributed by atoms with van der Waals surface area (Å²) in [7, 11) is -5.11. The van der Waals surface area contributed by atoms with E-state index in [0.29, 0.717) is 11.5 Å². The second kappa shape index (κ2) is 7.55. The number of ether oxygens (including phenoxy) is 1. The number of fused-ring (bicyclic) bond motifs is 2. The summed E-state index contributed by atoms with van der Waals surface area (Å²) in [6.07, 6.45) is 0.375. The second-order valence-corrected chi connectivity index (χ2v) is 6.14. The molecule has 0 saturated carbocycles. The van der Waals surface area contributed by atoms with Crippen LogP contribution < -0.4 is 29.6 Å². The van der Waals surface area contributed by atoms with Crippen molar-refractivity contribution in [3.63, 3.8) is 0 Å². The molecule has 3 rings (SSSR count). The first kappa shape index (κ1) is 20.1. The first-order chi connectivity index (χ1) is 11.3. The number of rotatable bonds is 5. The normalized spacial score (nSPS) is 22.7. The van der Waals surface area contributed by atoms with Crippen LogP contribution in [0.3, 0.4) is 0 Å². The van der Waals surface area contributed by atoms with Gasteiger partial charge >= 0.3 is 41.6 Å². The van der Waals surface area contributed by atoms with Gasteiger partial charge in [-0.15, -0.1) is 0 Å². The number of urea groups is 1. The van der Waals surface area contributed by atoms with Crippen LogP contribution in [-0.4, -0.2) is 70.8 Å². The Bertz CT molecular complexity index is 768. The molecule has 14 heteroatoms. The van der Waals surface area contributed by atoms with E-state index < -0.39 is 34.4 Å². The monoisotopic (exact) mass is 384 g/mol. The first-order valence-electron chi connectivity index (χ1n) is 7.04. The molecule has 2 atom stereocenters. The Hall–Kier alpha value is -1.25. The number of esters is 1. The van der Waals surface area contributed by atoms with Crippen LogP contribution in [0.4, 0.5) is 4.79 Å². The SMILES string of the molecule is CCOC(=O)c1noc([C@@H]2CCN3C[C@@H]2N(OS(=O)(=O)[O-])C3=O)n1.[Na+]. The van der Waals surface area contributed by atoms with Gasteiger partial charge in [0.05, 0.1) is 18.6 Å². The molecule has 1 aromatic heterocycles. The smallest absolute Gasteiger partial charge is 0.724 e. The maximum Gasteiger partial charge on any atom is 1.00 e. The topological polar surface area (TPSA) is 155 Å². The molecule has 0 aliphatic carbocycles. The predicted octanol–water partition coefficient (Wildman–Crippen LogP) is -3.76. The molecular formula is C11H13N4NaO8S. The fourth-order valence-corrected chi connectivity index (χ4v) is 3.13. The molecule has 2 fully saturated rings. The van der Waals surface area contributed by atoms with Gasteiger partial charge in [0.25, 0.3) is 5.82 Å². The zero-order valence-electron chi connectivity index (χ0n) is 13.4. The zero-order valence-corrected chi connectivity index (χ0v) is 16.3. The van der Waals surface area contributed by atoms with Crippen molar-refractivity contribution in [2.45, 2.75) is 25.3 Å². The first-order valence-corrected chi connectivity index (χ1v) is 8.37. The van der Waals surface area contributed by atoms with Gasteiger partial charge in [-0.2, -0.15) is 14.3 Å². The molecule has 3 heterocycles. The fourth-order valence-electron chi connectivity index (χ4n) is 2.76. The Balaban J connectivity index is 0.00000225. The molecule has 2 aliphatic heterocycles. The Labute approximate surface area is 164 Å². The minimum absolute atomic E-state index is 0. The standard InChI is InChI=1S/C11H14N4O8S.Na/c1-2-21-10(16)8-12-9(22-13-8)6-3-4-14-5-7(6)15(11(14)17)23-24(18,19)20;/h6-7H,2-5H2,1H3,(H,18,19,20);/q;+1/p-1/t6-,7+;/m1./s1. The number of hydrogen-bond donors (Lipinski definition) is 0. The van der Waals surface area contributed by atoms with E-state index in [2.05, 4.69) is 14.4 Å². The van der Waals surface area contributed by atoms with Crippen molar-refractivity contribution in [1.82, 2.24) is 20.1 Å². The van der Waals surface area contributed by atoms with Crippen molar-refractivity contribution in [1.29, 1.82) is 0 Å². The molecule has 2 amide bonds. The van der Waals surface area contributed by atoms with Crippen LogP contribution in [-0.2, 0) is 19.4 Å². The third-order valence-electron chi connectivity index (χ3n) is 3.73. The average Bonchev–Trinajstić information content (AvgIpc) is 3.08. The van der Waals surface area contributed by atoms with Gasteiger partial charge < -0.3 is 18.7 Å². The molecular weight excluding hydrogens is 371 g/mol. The molecule has 12 nitrogen and oxygen atoms in total. The van der Waals surface area contributed by atoms with Crippen LogP contribution in [0.1, 0.15) is 35.8 Å². The average molecular weight is 384 g/mol. The third-order valence-corrected chi connectivity index (χ3v) is 4.07. The van der Waals surface area contributed by atoms with E-state index in [1.165, 1.54) is 4.90 Å².